The molecule has 1 heterocycles. The van der Waals surface area contributed by atoms with Crippen LogP contribution in [0.3, 0.4) is 0 Å². The van der Waals surface area contributed by atoms with E-state index < -0.39 is 18.3 Å². The van der Waals surface area contributed by atoms with E-state index in [1.54, 1.807) is 0 Å². The van der Waals surface area contributed by atoms with Crippen molar-refractivity contribution in [2.24, 2.45) is 11.7 Å². The summed E-state index contributed by atoms with van der Waals surface area (Å²) >= 11 is 0. The molecular weight excluding hydrogens is 264 g/mol. The van der Waals surface area contributed by atoms with Gasteiger partial charge in [-0.05, 0) is 25.3 Å². The van der Waals surface area contributed by atoms with E-state index in [2.05, 4.69) is 0 Å². The van der Waals surface area contributed by atoms with Gasteiger partial charge in [-0.15, -0.1) is 12.4 Å². The quantitative estimate of drug-likeness (QED) is 0.796. The summed E-state index contributed by atoms with van der Waals surface area (Å²) < 4.78 is 49.4. The summed E-state index contributed by atoms with van der Waals surface area (Å²) in [5.74, 6) is -6.17. The summed E-state index contributed by atoms with van der Waals surface area (Å²) in [6.07, 6.45) is -2.98. The van der Waals surface area contributed by atoms with Crippen molar-refractivity contribution in [2.45, 2.75) is 25.2 Å². The largest absolute Gasteiger partial charge is 0.383 e. The molecule has 1 aliphatic rings. The van der Waals surface area contributed by atoms with E-state index in [1.165, 1.54) is 0 Å². The van der Waals surface area contributed by atoms with Crippen LogP contribution in [0.25, 0.3) is 0 Å². The number of hydrogen-bond acceptors (Lipinski definition) is 2. The first kappa shape index (κ1) is 16.4. The molecule has 0 aromatic carbocycles. The van der Waals surface area contributed by atoms with Gasteiger partial charge in [0.1, 0.15) is 0 Å². The van der Waals surface area contributed by atoms with Crippen molar-refractivity contribution in [1.82, 2.24) is 4.90 Å². The zero-order valence-electron chi connectivity index (χ0n) is 9.04. The number of nitrogens with zero attached hydrogens (tertiary/aromatic N) is 1. The van der Waals surface area contributed by atoms with Crippen molar-refractivity contribution in [1.29, 1.82) is 0 Å². The van der Waals surface area contributed by atoms with Gasteiger partial charge in [-0.1, -0.05) is 0 Å². The van der Waals surface area contributed by atoms with Gasteiger partial charge in [-0.2, -0.15) is 8.78 Å². The third-order valence-electron chi connectivity index (χ3n) is 2.79. The van der Waals surface area contributed by atoms with Crippen LogP contribution >= 0.6 is 12.4 Å². The first-order valence-electron chi connectivity index (χ1n) is 5.05. The lowest BCUT2D eigenvalue weighted by Crippen LogP contribution is -2.50. The molecule has 1 amide bonds. The van der Waals surface area contributed by atoms with Crippen LogP contribution in [0, 0.1) is 5.92 Å². The molecule has 8 heteroatoms. The molecule has 0 saturated carbocycles. The minimum atomic E-state index is -4.57. The van der Waals surface area contributed by atoms with Gasteiger partial charge in [0.2, 0.25) is 0 Å². The van der Waals surface area contributed by atoms with Crippen molar-refractivity contribution in [3.8, 4) is 0 Å². The number of likely N-dealkylation sites (tertiary alicyclic amines) is 1. The number of nitrogens with two attached hydrogens (primary N) is 1. The summed E-state index contributed by atoms with van der Waals surface area (Å²) in [4.78, 5) is 11.9. The van der Waals surface area contributed by atoms with Crippen molar-refractivity contribution in [2.75, 3.05) is 19.6 Å². The highest BCUT2D eigenvalue weighted by molar-refractivity contribution is 5.85. The molecule has 0 unspecified atom stereocenters. The first-order chi connectivity index (χ1) is 7.39. The second-order valence-corrected chi connectivity index (χ2v) is 3.89. The summed E-state index contributed by atoms with van der Waals surface area (Å²) in [7, 11) is 0. The van der Waals surface area contributed by atoms with Gasteiger partial charge in [0.05, 0.1) is 0 Å². The van der Waals surface area contributed by atoms with Crippen LogP contribution in [0.15, 0.2) is 0 Å². The number of carbonyl (C=O) groups is 1. The van der Waals surface area contributed by atoms with Crippen LogP contribution in [0.2, 0.25) is 0 Å². The summed E-state index contributed by atoms with van der Waals surface area (Å²) in [5, 5.41) is 0. The number of hydrogen-bond donors (Lipinski definition) is 1. The molecule has 3 nitrogen and oxygen atoms in total. The van der Waals surface area contributed by atoms with Gasteiger partial charge in [0, 0.05) is 13.1 Å². The summed E-state index contributed by atoms with van der Waals surface area (Å²) in [6.45, 7) is 0.569. The molecule has 0 spiro atoms. The maximum atomic E-state index is 12.7. The molecular formula is C9H15ClF4N2O. The number of halogens is 5. The second-order valence-electron chi connectivity index (χ2n) is 3.89. The van der Waals surface area contributed by atoms with Crippen LogP contribution in [-0.2, 0) is 4.79 Å². The Hall–Kier alpha value is -0.560. The highest BCUT2D eigenvalue weighted by Gasteiger charge is 2.51. The monoisotopic (exact) mass is 278 g/mol. The lowest BCUT2D eigenvalue weighted by Gasteiger charge is -2.33. The average Bonchev–Trinajstić information content (AvgIpc) is 2.28. The molecule has 1 fully saturated rings. The Morgan fingerprint density at radius 2 is 1.82 bits per heavy atom. The van der Waals surface area contributed by atoms with Gasteiger partial charge >= 0.3 is 12.3 Å². The smallest absolute Gasteiger partial charge is 0.337 e. The van der Waals surface area contributed by atoms with Gasteiger partial charge in [-0.25, -0.2) is 8.78 Å². The van der Waals surface area contributed by atoms with Gasteiger partial charge in [0.15, 0.2) is 0 Å². The highest BCUT2D eigenvalue weighted by Crippen LogP contribution is 2.27. The number of alkyl halides is 4. The predicted molar refractivity (Wildman–Crippen MR) is 56.6 cm³/mol. The van der Waals surface area contributed by atoms with Crippen LogP contribution in [0.1, 0.15) is 12.8 Å². The third-order valence-corrected chi connectivity index (χ3v) is 2.79. The fourth-order valence-corrected chi connectivity index (χ4v) is 1.68. The van der Waals surface area contributed by atoms with E-state index >= 15 is 0 Å². The standard InChI is InChI=1S/C9H14F4N2O.ClH/c10-7(11)9(12,13)8(16)15-3-1-6(5-14)2-4-15;/h6-7H,1-5,14H2;1H. The molecule has 17 heavy (non-hydrogen) atoms. The van der Waals surface area contributed by atoms with Crippen molar-refractivity contribution >= 4 is 18.3 Å². The maximum Gasteiger partial charge on any atom is 0.383 e. The van der Waals surface area contributed by atoms with Gasteiger partial charge in [-0.3, -0.25) is 4.79 Å². The lowest BCUT2D eigenvalue weighted by atomic mass is 9.97. The topological polar surface area (TPSA) is 46.3 Å². The van der Waals surface area contributed by atoms with Crippen LogP contribution in [-0.4, -0.2) is 42.8 Å². The van der Waals surface area contributed by atoms with E-state index in [9.17, 15) is 22.4 Å². The van der Waals surface area contributed by atoms with E-state index in [-0.39, 0.29) is 31.4 Å². The van der Waals surface area contributed by atoms with Crippen molar-refractivity contribution in [3.05, 3.63) is 0 Å². The first-order valence-corrected chi connectivity index (χ1v) is 5.05. The molecule has 0 aromatic rings. The lowest BCUT2D eigenvalue weighted by molar-refractivity contribution is -0.181. The zero-order chi connectivity index (χ0) is 12.3. The van der Waals surface area contributed by atoms with Crippen molar-refractivity contribution in [3.63, 3.8) is 0 Å². The Balaban J connectivity index is 0.00000256. The Bertz CT molecular complexity index is 257. The number of piperidine rings is 1. The van der Waals surface area contributed by atoms with Crippen LogP contribution in [0.5, 0.6) is 0 Å². The summed E-state index contributed by atoms with van der Waals surface area (Å²) in [5.41, 5.74) is 5.39. The minimum Gasteiger partial charge on any atom is -0.337 e. The Kier molecular flexibility index (Phi) is 6.18. The Labute approximate surface area is 103 Å². The molecule has 0 aromatic heterocycles. The van der Waals surface area contributed by atoms with Crippen molar-refractivity contribution < 1.29 is 22.4 Å². The molecule has 0 bridgehead atoms. The minimum absolute atomic E-state index is 0. The summed E-state index contributed by atoms with van der Waals surface area (Å²) in [6, 6.07) is 0. The highest BCUT2D eigenvalue weighted by atomic mass is 35.5. The molecule has 1 saturated heterocycles. The number of amides is 1. The molecule has 1 rings (SSSR count). The molecule has 0 radical (unpaired) electrons. The molecule has 0 atom stereocenters. The fourth-order valence-electron chi connectivity index (χ4n) is 1.68. The Morgan fingerprint density at radius 3 is 2.18 bits per heavy atom. The van der Waals surface area contributed by atoms with Gasteiger partial charge in [0.25, 0.3) is 5.91 Å². The Morgan fingerprint density at radius 1 is 1.35 bits per heavy atom. The number of rotatable bonds is 3. The maximum absolute atomic E-state index is 12.7. The number of carbonyl (C=O) groups excluding carboxylic acids is 1. The predicted octanol–water partition coefficient (Wildman–Crippen LogP) is 1.51. The molecule has 102 valence electrons. The van der Waals surface area contributed by atoms with Crippen LogP contribution < -0.4 is 5.73 Å². The molecule has 2 N–H and O–H groups in total. The van der Waals surface area contributed by atoms with E-state index in [0.717, 1.165) is 4.90 Å². The van der Waals surface area contributed by atoms with E-state index in [1.807, 2.05) is 0 Å². The molecule has 0 aliphatic carbocycles. The SMILES string of the molecule is Cl.NCC1CCN(C(=O)C(F)(F)C(F)F)CC1. The van der Waals surface area contributed by atoms with Gasteiger partial charge < -0.3 is 10.6 Å². The second kappa shape index (κ2) is 6.39. The normalized spacial score (nSPS) is 18.1. The van der Waals surface area contributed by atoms with Crippen LogP contribution in [0.4, 0.5) is 17.6 Å². The fraction of sp³-hybridized carbons (Fsp3) is 0.889. The molecule has 1 aliphatic heterocycles. The zero-order valence-corrected chi connectivity index (χ0v) is 9.86. The van der Waals surface area contributed by atoms with E-state index in [4.69, 9.17) is 5.73 Å². The third kappa shape index (κ3) is 3.70. The van der Waals surface area contributed by atoms with E-state index in [0.29, 0.717) is 19.4 Å². The average molecular weight is 279 g/mol.